The van der Waals surface area contributed by atoms with Crippen LogP contribution in [0, 0.1) is 51.1 Å². The molecular formula is C54H50F6N6O4. The van der Waals surface area contributed by atoms with Gasteiger partial charge >= 0.3 is 5.97 Å². The van der Waals surface area contributed by atoms with Gasteiger partial charge in [-0.25, -0.2) is 26.3 Å². The van der Waals surface area contributed by atoms with Gasteiger partial charge < -0.3 is 15.0 Å². The fraction of sp³-hybridized carbons (Fsp3) is 0.407. The van der Waals surface area contributed by atoms with Crippen molar-refractivity contribution < 1.29 is 46.1 Å². The van der Waals surface area contributed by atoms with Crippen LogP contribution in [0.15, 0.2) is 72.8 Å². The Bertz CT molecular complexity index is 3120. The molecule has 12 rings (SSSR count). The molecule has 3 aromatic carbocycles. The number of aliphatic hydroxyl groups excluding tert-OH is 1. The van der Waals surface area contributed by atoms with Gasteiger partial charge in [-0.3, -0.25) is 4.79 Å². The molecule has 3 heterocycles. The predicted molar refractivity (Wildman–Crippen MR) is 245 cm³/mol. The third-order valence-corrected chi connectivity index (χ3v) is 18.0. The molecule has 6 aliphatic rings. The van der Waals surface area contributed by atoms with E-state index in [-0.39, 0.29) is 69.0 Å². The Kier molecular flexibility index (Phi) is 10.8. The second-order valence-corrected chi connectivity index (χ2v) is 21.4. The molecule has 0 saturated heterocycles. The summed E-state index contributed by atoms with van der Waals surface area (Å²) in [6.07, 6.45) is 5.66. The quantitative estimate of drug-likeness (QED) is 0.122. The summed E-state index contributed by atoms with van der Waals surface area (Å²) in [5.74, 6) is -4.55. The maximum atomic E-state index is 14.0. The van der Waals surface area contributed by atoms with Crippen molar-refractivity contribution in [3.63, 3.8) is 0 Å². The van der Waals surface area contributed by atoms with Crippen molar-refractivity contribution in [1.29, 1.82) is 0 Å². The molecule has 0 unspecified atom stereocenters. The van der Waals surface area contributed by atoms with Crippen molar-refractivity contribution in [2.24, 2.45) is 16.2 Å². The van der Waals surface area contributed by atoms with E-state index in [1.807, 2.05) is 13.8 Å². The Morgan fingerprint density at radius 2 is 0.914 bits per heavy atom. The Hall–Kier alpha value is -6.42. The summed E-state index contributed by atoms with van der Waals surface area (Å²) < 4.78 is 84.1. The van der Waals surface area contributed by atoms with Crippen LogP contribution >= 0.6 is 0 Å². The van der Waals surface area contributed by atoms with Crippen LogP contribution in [0.1, 0.15) is 132 Å². The molecular weight excluding hydrogens is 911 g/mol. The minimum atomic E-state index is -1.08. The highest BCUT2D eigenvalue weighted by atomic mass is 19.2. The van der Waals surface area contributed by atoms with E-state index in [0.29, 0.717) is 17.8 Å². The molecule has 362 valence electrons. The third kappa shape index (κ3) is 6.16. The maximum Gasteiger partial charge on any atom is 0.316 e. The standard InChI is InChI=1S/C18H16F2N2O2.C18H18F2N2O.C18H16F2N2O/c1-17(2)10-6-7-18(17,16(23)24)15-9(10)8-13(21-22-15)14-11(19)4-3-5-12(14)20;2*1-17(2)11-6-7-18(17,9-23)16-10(11)8-14(21-22-16)15-12(19)4-3-5-13(15)20/h3-5,8,10H,6-7H2,1-2H3,(H,23,24);3-5,8,11,23H,6-7,9H2,1-2H3;3-5,8-9,11H,6-7H2,1-2H3/t10-,18+;2*11-,18-/m000/s1. The number of aldehydes is 1. The zero-order valence-electron chi connectivity index (χ0n) is 39.3. The number of aliphatic carboxylic acids is 1. The van der Waals surface area contributed by atoms with Crippen LogP contribution in [-0.2, 0) is 25.8 Å². The first-order chi connectivity index (χ1) is 33.1. The van der Waals surface area contributed by atoms with Crippen LogP contribution in [0.2, 0.25) is 0 Å². The van der Waals surface area contributed by atoms with Crippen molar-refractivity contribution >= 4 is 12.3 Å². The third-order valence-electron chi connectivity index (χ3n) is 18.0. The summed E-state index contributed by atoms with van der Waals surface area (Å²) >= 11 is 0. The van der Waals surface area contributed by atoms with Crippen LogP contribution < -0.4 is 0 Å². The van der Waals surface area contributed by atoms with E-state index in [0.717, 1.165) is 60.8 Å². The average molecular weight is 961 g/mol. The van der Waals surface area contributed by atoms with Crippen LogP contribution in [0.3, 0.4) is 0 Å². The van der Waals surface area contributed by atoms with Crippen molar-refractivity contribution in [1.82, 2.24) is 30.6 Å². The highest BCUT2D eigenvalue weighted by Gasteiger charge is 2.68. The molecule has 70 heavy (non-hydrogen) atoms. The minimum absolute atomic E-state index is 0.00677. The summed E-state index contributed by atoms with van der Waals surface area (Å²) in [5.41, 5.74) is 1.52. The van der Waals surface area contributed by atoms with Gasteiger partial charge in [-0.2, -0.15) is 20.4 Å². The van der Waals surface area contributed by atoms with E-state index in [1.54, 1.807) is 18.2 Å². The number of carbonyl (C=O) groups excluding carboxylic acids is 1. The topological polar surface area (TPSA) is 152 Å². The smallest absolute Gasteiger partial charge is 0.316 e. The number of carboxylic acid groups (broad SMARTS) is 1. The molecule has 6 aromatic rings. The highest BCUT2D eigenvalue weighted by Crippen LogP contribution is 2.69. The molecule has 3 fully saturated rings. The first kappa shape index (κ1) is 47.3. The van der Waals surface area contributed by atoms with Gasteiger partial charge in [0.05, 0.1) is 62.9 Å². The fourth-order valence-corrected chi connectivity index (χ4v) is 13.8. The lowest BCUT2D eigenvalue weighted by Crippen LogP contribution is -2.43. The SMILES string of the molecule is CC1(C)[C@H]2CC[C@]1(C(=O)O)c1nnc(-c3c(F)cccc3F)cc12.CC1(C)[C@H]2CC[C@]1(C=O)c1nnc(-c3c(F)cccc3F)cc12.CC1(C)[C@H]2CC[C@]1(CO)c1nnc(-c3c(F)cccc3F)cc12. The van der Waals surface area contributed by atoms with Crippen molar-refractivity contribution in [2.75, 3.05) is 6.61 Å². The van der Waals surface area contributed by atoms with E-state index < -0.39 is 62.5 Å². The van der Waals surface area contributed by atoms with Gasteiger partial charge in [0, 0.05) is 5.41 Å². The number of carbonyl (C=O) groups is 2. The molecule has 3 aromatic heterocycles. The summed E-state index contributed by atoms with van der Waals surface area (Å²) in [6, 6.07) is 16.2. The first-order valence-corrected chi connectivity index (χ1v) is 23.4. The molecule has 16 heteroatoms. The van der Waals surface area contributed by atoms with Gasteiger partial charge in [-0.05, 0) is 144 Å². The van der Waals surface area contributed by atoms with E-state index >= 15 is 0 Å². The number of carboxylic acids is 1. The largest absolute Gasteiger partial charge is 0.481 e. The number of halogens is 6. The van der Waals surface area contributed by atoms with Crippen molar-refractivity contribution in [2.45, 2.75) is 114 Å². The van der Waals surface area contributed by atoms with Crippen LogP contribution in [0.25, 0.3) is 33.8 Å². The zero-order valence-corrected chi connectivity index (χ0v) is 39.3. The summed E-state index contributed by atoms with van der Waals surface area (Å²) in [4.78, 5) is 23.9. The molecule has 6 bridgehead atoms. The van der Waals surface area contributed by atoms with E-state index in [2.05, 4.69) is 58.3 Å². The van der Waals surface area contributed by atoms with E-state index in [4.69, 9.17) is 0 Å². The monoisotopic (exact) mass is 960 g/mol. The van der Waals surface area contributed by atoms with Crippen LogP contribution in [0.4, 0.5) is 26.3 Å². The van der Waals surface area contributed by atoms with Crippen molar-refractivity contribution in [3.8, 4) is 33.8 Å². The average Bonchev–Trinajstić information content (AvgIpc) is 4.02. The number of hydrogen-bond donors (Lipinski definition) is 2. The molecule has 3 saturated carbocycles. The number of fused-ring (bicyclic) bond motifs is 15. The Balaban J connectivity index is 0.000000122. The number of rotatable bonds is 6. The van der Waals surface area contributed by atoms with Gasteiger partial charge in [0.2, 0.25) is 0 Å². The predicted octanol–water partition coefficient (Wildman–Crippen LogP) is 11.0. The van der Waals surface area contributed by atoms with Gasteiger partial charge in [0.15, 0.2) is 0 Å². The van der Waals surface area contributed by atoms with Gasteiger partial charge in [0.25, 0.3) is 0 Å². The van der Waals surface area contributed by atoms with Gasteiger partial charge in [0.1, 0.15) is 46.6 Å². The van der Waals surface area contributed by atoms with Crippen molar-refractivity contribution in [3.05, 3.63) is 141 Å². The fourth-order valence-electron chi connectivity index (χ4n) is 13.8. The summed E-state index contributed by atoms with van der Waals surface area (Å²) in [5, 5.41) is 44.6. The summed E-state index contributed by atoms with van der Waals surface area (Å²) in [7, 11) is 0. The Morgan fingerprint density at radius 1 is 0.543 bits per heavy atom. The molecule has 6 atom stereocenters. The lowest BCUT2D eigenvalue weighted by Gasteiger charge is -2.35. The lowest BCUT2D eigenvalue weighted by atomic mass is 9.68. The van der Waals surface area contributed by atoms with Crippen LogP contribution in [0.5, 0.6) is 0 Å². The molecule has 0 aliphatic heterocycles. The van der Waals surface area contributed by atoms with Gasteiger partial charge in [-0.1, -0.05) is 59.7 Å². The Morgan fingerprint density at radius 3 is 1.36 bits per heavy atom. The number of aliphatic hydroxyl groups is 1. The Labute approximate surface area is 400 Å². The van der Waals surface area contributed by atoms with E-state index in [1.165, 1.54) is 54.6 Å². The minimum Gasteiger partial charge on any atom is -0.481 e. The van der Waals surface area contributed by atoms with Gasteiger partial charge in [-0.15, -0.1) is 10.2 Å². The molecule has 0 spiro atoms. The number of nitrogens with zero attached hydrogens (tertiary/aromatic N) is 6. The highest BCUT2D eigenvalue weighted by molar-refractivity contribution is 5.86. The molecule has 6 aliphatic carbocycles. The molecule has 0 amide bonds. The van der Waals surface area contributed by atoms with E-state index in [9.17, 15) is 46.1 Å². The number of aromatic nitrogens is 6. The molecule has 10 nitrogen and oxygen atoms in total. The number of hydrogen-bond acceptors (Lipinski definition) is 9. The van der Waals surface area contributed by atoms with Crippen LogP contribution in [-0.4, -0.2) is 59.7 Å². The second-order valence-electron chi connectivity index (χ2n) is 21.4. The lowest BCUT2D eigenvalue weighted by molar-refractivity contribution is -0.147. The normalized spacial score (nSPS) is 26.9. The maximum absolute atomic E-state index is 14.0. The second kappa shape index (κ2) is 16.1. The molecule has 2 N–H and O–H groups in total. The number of benzene rings is 3. The summed E-state index contributed by atoms with van der Waals surface area (Å²) in [6.45, 7) is 12.2. The molecule has 0 radical (unpaired) electrons. The zero-order chi connectivity index (χ0) is 50.1. The first-order valence-electron chi connectivity index (χ1n) is 23.4.